The van der Waals surface area contributed by atoms with E-state index < -0.39 is 5.91 Å². The summed E-state index contributed by atoms with van der Waals surface area (Å²) in [5, 5.41) is 3.70. The molecule has 1 fully saturated rings. The van der Waals surface area contributed by atoms with Crippen molar-refractivity contribution in [1.82, 2.24) is 9.88 Å². The number of hydrogen-bond acceptors (Lipinski definition) is 4. The van der Waals surface area contributed by atoms with Crippen LogP contribution in [0.15, 0.2) is 23.0 Å². The number of aromatic amines is 1. The van der Waals surface area contributed by atoms with E-state index in [4.69, 9.17) is 0 Å². The number of hydrogen-bond donors (Lipinski definition) is 2. The predicted octanol–water partition coefficient (Wildman–Crippen LogP) is 1.49. The number of nitrogens with zero attached hydrogens (tertiary/aromatic N) is 1. The van der Waals surface area contributed by atoms with Crippen molar-refractivity contribution >= 4 is 34.3 Å². The van der Waals surface area contributed by atoms with E-state index in [2.05, 4.69) is 10.3 Å². The molecule has 2 N–H and O–H groups in total. The molecular formula is C19H19N3O4. The Labute approximate surface area is 149 Å². The Bertz CT molecular complexity index is 976. The fourth-order valence-corrected chi connectivity index (χ4v) is 3.78. The van der Waals surface area contributed by atoms with Crippen LogP contribution in [0.1, 0.15) is 36.8 Å². The average molecular weight is 353 g/mol. The molecule has 0 unspecified atom stereocenters. The topological polar surface area (TPSA) is 99.3 Å². The third-order valence-corrected chi connectivity index (χ3v) is 5.08. The zero-order valence-corrected chi connectivity index (χ0v) is 14.3. The molecule has 134 valence electrons. The van der Waals surface area contributed by atoms with Crippen molar-refractivity contribution in [2.45, 2.75) is 38.5 Å². The summed E-state index contributed by atoms with van der Waals surface area (Å²) in [6.07, 6.45) is 4.12. The summed E-state index contributed by atoms with van der Waals surface area (Å²) in [5.41, 5.74) is 3.10. The van der Waals surface area contributed by atoms with Crippen molar-refractivity contribution in [2.24, 2.45) is 0 Å². The number of carbonyl (C=O) groups is 3. The van der Waals surface area contributed by atoms with E-state index in [-0.39, 0.29) is 36.8 Å². The molecule has 7 nitrogen and oxygen atoms in total. The number of nitrogens with one attached hydrogen (secondary N) is 2. The summed E-state index contributed by atoms with van der Waals surface area (Å²) in [7, 11) is 0. The third-order valence-electron chi connectivity index (χ3n) is 5.08. The first-order valence-electron chi connectivity index (χ1n) is 8.84. The van der Waals surface area contributed by atoms with Gasteiger partial charge in [0.15, 0.2) is 0 Å². The van der Waals surface area contributed by atoms with Gasteiger partial charge in [-0.25, -0.2) is 0 Å². The first-order valence-corrected chi connectivity index (χ1v) is 8.84. The molecule has 2 aromatic rings. The number of pyridine rings is 1. The lowest BCUT2D eigenvalue weighted by molar-refractivity contribution is -0.141. The highest BCUT2D eigenvalue weighted by Crippen LogP contribution is 2.27. The molecule has 0 saturated carbocycles. The molecule has 4 rings (SSSR count). The van der Waals surface area contributed by atoms with E-state index in [9.17, 15) is 19.2 Å². The molecule has 1 aromatic heterocycles. The molecule has 7 heteroatoms. The fourth-order valence-electron chi connectivity index (χ4n) is 3.78. The van der Waals surface area contributed by atoms with Crippen LogP contribution in [0, 0.1) is 0 Å². The first kappa shape index (κ1) is 16.5. The van der Waals surface area contributed by atoms with Crippen molar-refractivity contribution in [3.8, 4) is 0 Å². The highest BCUT2D eigenvalue weighted by Gasteiger charge is 2.30. The summed E-state index contributed by atoms with van der Waals surface area (Å²) >= 11 is 0. The second kappa shape index (κ2) is 6.40. The van der Waals surface area contributed by atoms with E-state index in [1.54, 1.807) is 12.1 Å². The Morgan fingerprint density at radius 1 is 1.00 bits per heavy atom. The summed E-state index contributed by atoms with van der Waals surface area (Å²) < 4.78 is 0. The Kier molecular flexibility index (Phi) is 4.06. The number of benzene rings is 1. The van der Waals surface area contributed by atoms with Gasteiger partial charge in [0, 0.05) is 29.5 Å². The predicted molar refractivity (Wildman–Crippen MR) is 95.8 cm³/mol. The number of likely N-dealkylation sites (tertiary alicyclic amines) is 1. The fraction of sp³-hybridized carbons (Fsp3) is 0.368. The SMILES string of the molecule is O=C(CN1C(=O)CCC1=O)Nc1ccc2c3c(c(=O)[nH]c2c1)CCCC3. The average Bonchev–Trinajstić information content (AvgIpc) is 2.94. The minimum absolute atomic E-state index is 0.0658. The highest BCUT2D eigenvalue weighted by atomic mass is 16.2. The van der Waals surface area contributed by atoms with Gasteiger partial charge in [0.25, 0.3) is 5.56 Å². The number of amides is 3. The van der Waals surface area contributed by atoms with Crippen molar-refractivity contribution in [3.63, 3.8) is 0 Å². The molecule has 0 atom stereocenters. The van der Waals surface area contributed by atoms with E-state index >= 15 is 0 Å². The summed E-state index contributed by atoms with van der Waals surface area (Å²) in [5.74, 6) is -1.08. The van der Waals surface area contributed by atoms with E-state index in [1.807, 2.05) is 6.07 Å². The number of aromatic nitrogens is 1. The van der Waals surface area contributed by atoms with Gasteiger partial charge in [0.2, 0.25) is 17.7 Å². The lowest BCUT2D eigenvalue weighted by Crippen LogP contribution is -2.36. The maximum atomic E-state index is 12.3. The van der Waals surface area contributed by atoms with Gasteiger partial charge >= 0.3 is 0 Å². The van der Waals surface area contributed by atoms with Crippen molar-refractivity contribution in [3.05, 3.63) is 39.7 Å². The van der Waals surface area contributed by atoms with Gasteiger partial charge in [-0.2, -0.15) is 0 Å². The van der Waals surface area contributed by atoms with Crippen LogP contribution in [-0.4, -0.2) is 34.2 Å². The minimum Gasteiger partial charge on any atom is -0.324 e. The van der Waals surface area contributed by atoms with Crippen LogP contribution < -0.4 is 10.9 Å². The molecule has 3 amide bonds. The number of anilines is 1. The second-order valence-electron chi connectivity index (χ2n) is 6.80. The van der Waals surface area contributed by atoms with Crippen LogP contribution in [0.4, 0.5) is 5.69 Å². The molecule has 1 aliphatic heterocycles. The van der Waals surface area contributed by atoms with E-state index in [0.29, 0.717) is 11.2 Å². The zero-order valence-electron chi connectivity index (χ0n) is 14.3. The smallest absolute Gasteiger partial charge is 0.251 e. The van der Waals surface area contributed by atoms with Gasteiger partial charge in [-0.05, 0) is 43.4 Å². The van der Waals surface area contributed by atoms with Crippen LogP contribution in [-0.2, 0) is 27.2 Å². The molecule has 2 aliphatic rings. The van der Waals surface area contributed by atoms with Crippen LogP contribution in [0.5, 0.6) is 0 Å². The molecule has 1 saturated heterocycles. The maximum Gasteiger partial charge on any atom is 0.251 e. The third kappa shape index (κ3) is 2.89. The maximum absolute atomic E-state index is 12.3. The standard InChI is InChI=1S/C19H19N3O4/c23-16(10-22-17(24)7-8-18(22)25)20-11-5-6-13-12-3-1-2-4-14(12)19(26)21-15(13)9-11/h5-6,9H,1-4,7-8,10H2,(H,20,23)(H,21,26). The van der Waals surface area contributed by atoms with Crippen LogP contribution in [0.2, 0.25) is 0 Å². The van der Waals surface area contributed by atoms with E-state index in [1.165, 1.54) is 0 Å². The quantitative estimate of drug-likeness (QED) is 0.817. The monoisotopic (exact) mass is 353 g/mol. The molecular weight excluding hydrogens is 334 g/mol. The molecule has 0 radical (unpaired) electrons. The normalized spacial score (nSPS) is 16.8. The number of carbonyl (C=O) groups excluding carboxylic acids is 3. The summed E-state index contributed by atoms with van der Waals surface area (Å²) in [4.78, 5) is 51.5. The summed E-state index contributed by atoms with van der Waals surface area (Å²) in [6.45, 7) is -0.281. The Balaban J connectivity index is 1.58. The first-order chi connectivity index (χ1) is 12.5. The van der Waals surface area contributed by atoms with Gasteiger partial charge in [0.1, 0.15) is 6.54 Å². The number of aryl methyl sites for hydroxylation is 1. The molecule has 1 aliphatic carbocycles. The zero-order chi connectivity index (χ0) is 18.3. The van der Waals surface area contributed by atoms with Gasteiger partial charge in [-0.3, -0.25) is 24.1 Å². The van der Waals surface area contributed by atoms with Crippen molar-refractivity contribution < 1.29 is 14.4 Å². The minimum atomic E-state index is -0.437. The van der Waals surface area contributed by atoms with Crippen LogP contribution in [0.25, 0.3) is 10.9 Å². The number of fused-ring (bicyclic) bond motifs is 3. The Hall–Kier alpha value is -2.96. The largest absolute Gasteiger partial charge is 0.324 e. The van der Waals surface area contributed by atoms with Crippen molar-refractivity contribution in [2.75, 3.05) is 11.9 Å². The summed E-state index contributed by atoms with van der Waals surface area (Å²) in [6, 6.07) is 5.40. The van der Waals surface area contributed by atoms with Gasteiger partial charge in [-0.1, -0.05) is 6.07 Å². The molecule has 2 heterocycles. The molecule has 26 heavy (non-hydrogen) atoms. The molecule has 0 spiro atoms. The van der Waals surface area contributed by atoms with Crippen LogP contribution >= 0.6 is 0 Å². The highest BCUT2D eigenvalue weighted by molar-refractivity contribution is 6.06. The van der Waals surface area contributed by atoms with Gasteiger partial charge < -0.3 is 10.3 Å². The molecule has 1 aromatic carbocycles. The molecule has 0 bridgehead atoms. The number of rotatable bonds is 3. The van der Waals surface area contributed by atoms with E-state index in [0.717, 1.165) is 47.1 Å². The lowest BCUT2D eigenvalue weighted by atomic mass is 9.90. The number of imide groups is 1. The van der Waals surface area contributed by atoms with Gasteiger partial charge in [-0.15, -0.1) is 0 Å². The van der Waals surface area contributed by atoms with Gasteiger partial charge in [0.05, 0.1) is 5.52 Å². The van der Waals surface area contributed by atoms with Crippen LogP contribution in [0.3, 0.4) is 0 Å². The number of H-pyrrole nitrogens is 1. The second-order valence-corrected chi connectivity index (χ2v) is 6.80. The lowest BCUT2D eigenvalue weighted by Gasteiger charge is -2.18. The Morgan fingerprint density at radius 3 is 2.42 bits per heavy atom. The van der Waals surface area contributed by atoms with Crippen molar-refractivity contribution in [1.29, 1.82) is 0 Å². The Morgan fingerprint density at radius 2 is 1.69 bits per heavy atom.